The minimum absolute atomic E-state index is 1.14. The number of rotatable bonds is 3. The van der Waals surface area contributed by atoms with Gasteiger partial charge in [-0.1, -0.05) is 111 Å². The highest BCUT2D eigenvalue weighted by Crippen LogP contribution is 2.02. The van der Waals surface area contributed by atoms with Crippen molar-refractivity contribution in [3.8, 4) is 0 Å². The van der Waals surface area contributed by atoms with Crippen LogP contribution < -0.4 is 0 Å². The quantitative estimate of drug-likeness (QED) is 0.530. The second-order valence-corrected chi connectivity index (χ2v) is 3.69. The number of hydrogen-bond acceptors (Lipinski definition) is 0. The number of benzene rings is 1. The Morgan fingerprint density at radius 1 is 0.650 bits per heavy atom. The van der Waals surface area contributed by atoms with Crippen molar-refractivity contribution in [3.05, 3.63) is 35.4 Å². The summed E-state index contributed by atoms with van der Waals surface area (Å²) in [6, 6.07) is 8.66. The molecule has 1 rings (SSSR count). The fraction of sp³-hybridized carbons (Fsp3) is 0.700. The van der Waals surface area contributed by atoms with Crippen LogP contribution in [0, 0.1) is 6.92 Å². The lowest BCUT2D eigenvalue weighted by Crippen LogP contribution is -1.77. The molecule has 0 radical (unpaired) electrons. The van der Waals surface area contributed by atoms with Crippen molar-refractivity contribution in [2.24, 2.45) is 0 Å². The maximum Gasteiger partial charge on any atom is -0.0307 e. The Kier molecular flexibility index (Phi) is 42.6. The molecule has 0 N–H and O–H groups in total. The Balaban J connectivity index is -0.000000100. The molecule has 20 heavy (non-hydrogen) atoms. The smallest absolute Gasteiger partial charge is 0.0307 e. The molecule has 0 fully saturated rings. The number of aryl methyl sites for hydroxylation is 2. The van der Waals surface area contributed by atoms with Crippen molar-refractivity contribution in [2.45, 2.75) is 94.9 Å². The van der Waals surface area contributed by atoms with Gasteiger partial charge in [-0.15, -0.1) is 0 Å². The lowest BCUT2D eigenvalue weighted by Gasteiger charge is -1.94. The molecule has 0 aliphatic heterocycles. The van der Waals surface area contributed by atoms with Crippen LogP contribution in [-0.2, 0) is 6.42 Å². The van der Waals surface area contributed by atoms with Crippen LogP contribution in [0.3, 0.4) is 0 Å². The first kappa shape index (κ1) is 27.5. The minimum Gasteiger partial charge on any atom is -0.0683 e. The summed E-state index contributed by atoms with van der Waals surface area (Å²) < 4.78 is 0. The molecule has 1 aromatic rings. The van der Waals surface area contributed by atoms with E-state index in [0.717, 1.165) is 6.42 Å². The molecule has 0 nitrogen and oxygen atoms in total. The highest BCUT2D eigenvalue weighted by atomic mass is 13.9. The van der Waals surface area contributed by atoms with E-state index in [-0.39, 0.29) is 0 Å². The van der Waals surface area contributed by atoms with E-state index in [1.165, 1.54) is 30.4 Å². The average molecular weight is 283 g/mol. The second-order valence-electron chi connectivity index (χ2n) is 3.69. The Morgan fingerprint density at radius 3 is 1.20 bits per heavy atom. The van der Waals surface area contributed by atoms with Crippen LogP contribution in [0.4, 0.5) is 0 Å². The van der Waals surface area contributed by atoms with Gasteiger partial charge in [0.15, 0.2) is 0 Å². The van der Waals surface area contributed by atoms with Gasteiger partial charge in [0.2, 0.25) is 0 Å². The van der Waals surface area contributed by atoms with Crippen LogP contribution in [0.2, 0.25) is 0 Å². The van der Waals surface area contributed by atoms with Crippen molar-refractivity contribution in [1.82, 2.24) is 0 Å². The average Bonchev–Trinajstić information content (AvgIpc) is 2.55. The fourth-order valence-corrected chi connectivity index (χ4v) is 1.18. The molecule has 0 spiro atoms. The predicted octanol–water partition coefficient (Wildman–Crippen LogP) is 7.83. The number of unbranched alkanes of at least 4 members (excludes halogenated alkanes) is 2. The zero-order chi connectivity index (χ0) is 16.8. The molecule has 1 aromatic carbocycles. The van der Waals surface area contributed by atoms with Crippen molar-refractivity contribution in [2.75, 3.05) is 0 Å². The van der Waals surface area contributed by atoms with Gasteiger partial charge in [-0.25, -0.2) is 0 Å². The fourth-order valence-electron chi connectivity index (χ4n) is 1.18. The van der Waals surface area contributed by atoms with E-state index in [2.05, 4.69) is 52.0 Å². The topological polar surface area (TPSA) is 0 Å². The van der Waals surface area contributed by atoms with Crippen molar-refractivity contribution in [3.63, 3.8) is 0 Å². The highest BCUT2D eigenvalue weighted by Gasteiger charge is 1.84. The molecule has 0 atom stereocenters. The monoisotopic (exact) mass is 282 g/mol. The summed E-state index contributed by atoms with van der Waals surface area (Å²) >= 11 is 0. The van der Waals surface area contributed by atoms with E-state index in [9.17, 15) is 0 Å². The van der Waals surface area contributed by atoms with E-state index in [1.807, 2.05) is 41.5 Å². The number of hydrogen-bond donors (Lipinski definition) is 0. The maximum atomic E-state index is 2.21. The van der Waals surface area contributed by atoms with Crippen LogP contribution in [0.1, 0.15) is 92.7 Å². The standard InChI is InChI=1S/C9H12.C5H12.3C2H6/c1-3-9-6-4-8(2)5-7-9;1-3-5-4-2;3*1-2/h4-7H,3H2,1-2H3;3-5H2,1-2H3;3*1-2H3. The van der Waals surface area contributed by atoms with Crippen LogP contribution in [0.5, 0.6) is 0 Å². The molecular formula is C20H42. The predicted molar refractivity (Wildman–Crippen MR) is 99.8 cm³/mol. The summed E-state index contributed by atoms with van der Waals surface area (Å²) in [4.78, 5) is 0. The van der Waals surface area contributed by atoms with Gasteiger partial charge >= 0.3 is 0 Å². The van der Waals surface area contributed by atoms with Gasteiger partial charge in [-0.2, -0.15) is 0 Å². The summed E-state index contributed by atoms with van der Waals surface area (Å²) in [6.07, 6.45) is 5.22. The Morgan fingerprint density at radius 2 is 1.00 bits per heavy atom. The third-order valence-electron chi connectivity index (χ3n) is 2.24. The largest absolute Gasteiger partial charge is 0.0683 e. The SMILES string of the molecule is CC.CC.CC.CCCCC.CCc1ccc(C)cc1. The first-order valence-electron chi connectivity index (χ1n) is 8.80. The second kappa shape index (κ2) is 30.9. The lowest BCUT2D eigenvalue weighted by molar-refractivity contribution is 0.772. The van der Waals surface area contributed by atoms with Crippen LogP contribution >= 0.6 is 0 Å². The molecule has 122 valence electrons. The van der Waals surface area contributed by atoms with Crippen molar-refractivity contribution >= 4 is 0 Å². The van der Waals surface area contributed by atoms with Gasteiger partial charge in [0.25, 0.3) is 0 Å². The van der Waals surface area contributed by atoms with Crippen LogP contribution in [0.25, 0.3) is 0 Å². The van der Waals surface area contributed by atoms with Gasteiger partial charge < -0.3 is 0 Å². The summed E-state index contributed by atoms with van der Waals surface area (Å²) in [5.41, 5.74) is 2.76. The third-order valence-corrected chi connectivity index (χ3v) is 2.24. The summed E-state index contributed by atoms with van der Waals surface area (Å²) in [6.45, 7) is 20.7. The normalized spacial score (nSPS) is 7.30. The van der Waals surface area contributed by atoms with Gasteiger partial charge in [0, 0.05) is 0 Å². The van der Waals surface area contributed by atoms with E-state index < -0.39 is 0 Å². The summed E-state index contributed by atoms with van der Waals surface area (Å²) in [5.74, 6) is 0. The van der Waals surface area contributed by atoms with E-state index in [1.54, 1.807) is 0 Å². The van der Waals surface area contributed by atoms with Crippen molar-refractivity contribution in [1.29, 1.82) is 0 Å². The van der Waals surface area contributed by atoms with Gasteiger partial charge in [-0.05, 0) is 18.9 Å². The molecule has 0 aliphatic rings. The van der Waals surface area contributed by atoms with Gasteiger partial charge in [0.1, 0.15) is 0 Å². The third kappa shape index (κ3) is 25.9. The molecule has 0 bridgehead atoms. The summed E-state index contributed by atoms with van der Waals surface area (Å²) in [5, 5.41) is 0. The zero-order valence-corrected chi connectivity index (χ0v) is 16.1. The molecule has 0 heterocycles. The molecule has 0 unspecified atom stereocenters. The minimum atomic E-state index is 1.14. The first-order chi connectivity index (χ1) is 9.74. The van der Waals surface area contributed by atoms with Crippen LogP contribution in [-0.4, -0.2) is 0 Å². The Labute approximate surface area is 131 Å². The molecule has 0 aromatic heterocycles. The first-order valence-corrected chi connectivity index (χ1v) is 8.80. The van der Waals surface area contributed by atoms with E-state index in [4.69, 9.17) is 0 Å². The molecular weight excluding hydrogens is 240 g/mol. The van der Waals surface area contributed by atoms with Gasteiger partial charge in [0.05, 0.1) is 0 Å². The molecule has 0 heteroatoms. The lowest BCUT2D eigenvalue weighted by atomic mass is 10.1. The van der Waals surface area contributed by atoms with Crippen molar-refractivity contribution < 1.29 is 0 Å². The maximum absolute atomic E-state index is 2.21. The molecule has 0 aliphatic carbocycles. The van der Waals surface area contributed by atoms with E-state index >= 15 is 0 Å². The van der Waals surface area contributed by atoms with Gasteiger partial charge in [-0.3, -0.25) is 0 Å². The highest BCUT2D eigenvalue weighted by molar-refractivity contribution is 5.20. The van der Waals surface area contributed by atoms with Crippen LogP contribution in [0.15, 0.2) is 24.3 Å². The molecule has 0 saturated heterocycles. The molecule has 0 amide bonds. The molecule has 0 saturated carbocycles. The zero-order valence-electron chi connectivity index (χ0n) is 16.1. The summed E-state index contributed by atoms with van der Waals surface area (Å²) in [7, 11) is 0. The Bertz CT molecular complexity index is 206. The Hall–Kier alpha value is -0.780. The van der Waals surface area contributed by atoms with E-state index in [0.29, 0.717) is 0 Å².